The SMILES string of the molecule is O=[SH](=O)CN1CCC(c2coc(-c3ccc(F)cc3)n2)CC1. The van der Waals surface area contributed by atoms with E-state index in [1.807, 2.05) is 4.90 Å². The molecule has 0 radical (unpaired) electrons. The molecule has 5 nitrogen and oxygen atoms in total. The molecular weight excluding hydrogens is 307 g/mol. The summed E-state index contributed by atoms with van der Waals surface area (Å²) in [6, 6.07) is 6.03. The minimum absolute atomic E-state index is 0.127. The lowest BCUT2D eigenvalue weighted by Gasteiger charge is -2.29. The molecule has 1 saturated heterocycles. The number of aromatic nitrogens is 1. The smallest absolute Gasteiger partial charge is 0.226 e. The quantitative estimate of drug-likeness (QED) is 0.874. The third-order valence-electron chi connectivity index (χ3n) is 3.93. The van der Waals surface area contributed by atoms with Gasteiger partial charge in [-0.15, -0.1) is 0 Å². The lowest BCUT2D eigenvalue weighted by atomic mass is 9.94. The Kier molecular flexibility index (Phi) is 4.54. The van der Waals surface area contributed by atoms with Crippen molar-refractivity contribution in [2.45, 2.75) is 18.8 Å². The minimum Gasteiger partial charge on any atom is -0.444 e. The van der Waals surface area contributed by atoms with Gasteiger partial charge < -0.3 is 4.42 Å². The van der Waals surface area contributed by atoms with Gasteiger partial charge in [-0.2, -0.15) is 0 Å². The minimum atomic E-state index is -2.36. The van der Waals surface area contributed by atoms with Crippen LogP contribution in [0.15, 0.2) is 34.9 Å². The van der Waals surface area contributed by atoms with Gasteiger partial charge in [0, 0.05) is 11.5 Å². The summed E-state index contributed by atoms with van der Waals surface area (Å²) in [5.41, 5.74) is 1.62. The van der Waals surface area contributed by atoms with E-state index in [0.29, 0.717) is 5.89 Å². The average Bonchev–Trinajstić information content (AvgIpc) is 2.98. The zero-order chi connectivity index (χ0) is 15.5. The monoisotopic (exact) mass is 324 g/mol. The van der Waals surface area contributed by atoms with Gasteiger partial charge in [-0.25, -0.2) is 17.8 Å². The van der Waals surface area contributed by atoms with E-state index in [9.17, 15) is 12.8 Å². The highest BCUT2D eigenvalue weighted by molar-refractivity contribution is 7.72. The van der Waals surface area contributed by atoms with Crippen LogP contribution in [0.4, 0.5) is 4.39 Å². The van der Waals surface area contributed by atoms with Crippen LogP contribution in [-0.4, -0.2) is 37.3 Å². The first kappa shape index (κ1) is 15.2. The first-order chi connectivity index (χ1) is 10.6. The molecule has 2 heterocycles. The molecule has 3 rings (SSSR count). The largest absolute Gasteiger partial charge is 0.444 e. The Morgan fingerprint density at radius 2 is 1.91 bits per heavy atom. The molecule has 0 amide bonds. The number of thiol groups is 1. The molecule has 118 valence electrons. The highest BCUT2D eigenvalue weighted by atomic mass is 32.2. The second-order valence-electron chi connectivity index (χ2n) is 5.45. The van der Waals surface area contributed by atoms with Crippen molar-refractivity contribution in [2.24, 2.45) is 0 Å². The summed E-state index contributed by atoms with van der Waals surface area (Å²) >= 11 is 0. The fourth-order valence-corrected chi connectivity index (χ4v) is 3.34. The molecule has 1 aliphatic heterocycles. The summed E-state index contributed by atoms with van der Waals surface area (Å²) in [4.78, 5) is 6.43. The number of benzene rings is 1. The van der Waals surface area contributed by atoms with Crippen molar-refractivity contribution in [3.05, 3.63) is 42.0 Å². The molecule has 0 bridgehead atoms. The second-order valence-corrected chi connectivity index (χ2v) is 6.40. The maximum absolute atomic E-state index is 12.9. The van der Waals surface area contributed by atoms with Gasteiger partial charge in [0.2, 0.25) is 5.89 Å². The van der Waals surface area contributed by atoms with E-state index in [-0.39, 0.29) is 17.6 Å². The van der Waals surface area contributed by atoms with Crippen LogP contribution < -0.4 is 0 Å². The van der Waals surface area contributed by atoms with Crippen LogP contribution in [-0.2, 0) is 10.7 Å². The fourth-order valence-electron chi connectivity index (χ4n) is 2.73. The Labute approximate surface area is 129 Å². The number of rotatable bonds is 4. The normalized spacial score (nSPS) is 17.2. The number of nitrogens with zero attached hydrogens (tertiary/aromatic N) is 2. The van der Waals surface area contributed by atoms with Crippen LogP contribution in [0, 0.1) is 5.82 Å². The van der Waals surface area contributed by atoms with Gasteiger partial charge in [0.15, 0.2) is 10.7 Å². The van der Waals surface area contributed by atoms with Crippen molar-refractivity contribution in [3.8, 4) is 11.5 Å². The van der Waals surface area contributed by atoms with E-state index in [0.717, 1.165) is 37.2 Å². The highest BCUT2D eigenvalue weighted by Gasteiger charge is 2.23. The van der Waals surface area contributed by atoms with E-state index in [1.165, 1.54) is 12.1 Å². The molecule has 0 atom stereocenters. The molecule has 7 heteroatoms. The van der Waals surface area contributed by atoms with Crippen LogP contribution in [0.1, 0.15) is 24.5 Å². The molecule has 1 aromatic heterocycles. The van der Waals surface area contributed by atoms with Crippen molar-refractivity contribution < 1.29 is 17.2 Å². The molecule has 0 spiro atoms. The molecule has 1 fully saturated rings. The van der Waals surface area contributed by atoms with Gasteiger partial charge in [-0.05, 0) is 50.2 Å². The first-order valence-corrected chi connectivity index (χ1v) is 8.53. The molecule has 0 aliphatic carbocycles. The van der Waals surface area contributed by atoms with Gasteiger partial charge in [0.1, 0.15) is 12.1 Å². The van der Waals surface area contributed by atoms with Gasteiger partial charge in [-0.3, -0.25) is 4.90 Å². The molecule has 0 N–H and O–H groups in total. The molecule has 0 unspecified atom stereocenters. The van der Waals surface area contributed by atoms with Crippen molar-refractivity contribution in [3.63, 3.8) is 0 Å². The van der Waals surface area contributed by atoms with Crippen LogP contribution in [0.2, 0.25) is 0 Å². The lowest BCUT2D eigenvalue weighted by Crippen LogP contribution is -2.34. The van der Waals surface area contributed by atoms with Crippen molar-refractivity contribution in [1.29, 1.82) is 0 Å². The third kappa shape index (κ3) is 3.53. The molecule has 0 saturated carbocycles. The Morgan fingerprint density at radius 3 is 2.55 bits per heavy atom. The second kappa shape index (κ2) is 6.58. The summed E-state index contributed by atoms with van der Waals surface area (Å²) < 4.78 is 39.9. The maximum Gasteiger partial charge on any atom is 0.226 e. The topological polar surface area (TPSA) is 63.4 Å². The van der Waals surface area contributed by atoms with Crippen LogP contribution >= 0.6 is 0 Å². The van der Waals surface area contributed by atoms with Gasteiger partial charge in [0.25, 0.3) is 0 Å². The maximum atomic E-state index is 12.9. The number of piperidine rings is 1. The Bertz CT molecular complexity index is 696. The van der Waals surface area contributed by atoms with E-state index in [4.69, 9.17) is 4.42 Å². The van der Waals surface area contributed by atoms with E-state index in [1.54, 1.807) is 18.4 Å². The zero-order valence-corrected chi connectivity index (χ0v) is 12.8. The summed E-state index contributed by atoms with van der Waals surface area (Å²) in [5.74, 6) is 0.597. The number of hydrogen-bond acceptors (Lipinski definition) is 5. The predicted octanol–water partition coefficient (Wildman–Crippen LogP) is 2.23. The zero-order valence-electron chi connectivity index (χ0n) is 11.9. The third-order valence-corrected chi connectivity index (χ3v) is 4.57. The van der Waals surface area contributed by atoms with E-state index < -0.39 is 10.7 Å². The molecular formula is C15H17FN2O3S. The summed E-state index contributed by atoms with van der Waals surface area (Å²) in [6.45, 7) is 1.49. The van der Waals surface area contributed by atoms with Crippen molar-refractivity contribution in [2.75, 3.05) is 19.0 Å². The summed E-state index contributed by atoms with van der Waals surface area (Å²) in [7, 11) is -2.36. The number of likely N-dealkylation sites (tertiary alicyclic amines) is 1. The lowest BCUT2D eigenvalue weighted by molar-refractivity contribution is 0.241. The number of halogens is 1. The summed E-state index contributed by atoms with van der Waals surface area (Å²) in [6.07, 6.45) is 3.37. The predicted molar refractivity (Wildman–Crippen MR) is 80.6 cm³/mol. The first-order valence-electron chi connectivity index (χ1n) is 7.17. The van der Waals surface area contributed by atoms with Crippen LogP contribution in [0.3, 0.4) is 0 Å². The van der Waals surface area contributed by atoms with E-state index >= 15 is 0 Å². The van der Waals surface area contributed by atoms with Gasteiger partial charge in [0.05, 0.1) is 11.6 Å². The molecule has 1 aliphatic rings. The average molecular weight is 324 g/mol. The molecule has 1 aromatic carbocycles. The van der Waals surface area contributed by atoms with E-state index in [2.05, 4.69) is 4.98 Å². The summed E-state index contributed by atoms with van der Waals surface area (Å²) in [5, 5.41) is 0. The van der Waals surface area contributed by atoms with Crippen LogP contribution in [0.25, 0.3) is 11.5 Å². The van der Waals surface area contributed by atoms with Crippen molar-refractivity contribution in [1.82, 2.24) is 9.88 Å². The molecule has 2 aromatic rings. The van der Waals surface area contributed by atoms with Crippen LogP contribution in [0.5, 0.6) is 0 Å². The van der Waals surface area contributed by atoms with Gasteiger partial charge >= 0.3 is 0 Å². The van der Waals surface area contributed by atoms with Crippen molar-refractivity contribution >= 4 is 10.7 Å². The standard InChI is InChI=1S/C15H17FN2O3S/c16-13-3-1-12(2-4-13)15-17-14(9-21-15)11-5-7-18(8-6-11)10-22(19)20/h1-4,9,11,22H,5-8,10H2. The molecule has 22 heavy (non-hydrogen) atoms. The highest BCUT2D eigenvalue weighted by Crippen LogP contribution is 2.29. The fraction of sp³-hybridized carbons (Fsp3) is 0.400. The Balaban J connectivity index is 1.66. The Hall–Kier alpha value is -1.73. The Morgan fingerprint density at radius 1 is 1.23 bits per heavy atom. The van der Waals surface area contributed by atoms with Gasteiger partial charge in [-0.1, -0.05) is 0 Å². The number of oxazole rings is 1. The number of hydrogen-bond donors (Lipinski definition) is 1.